The van der Waals surface area contributed by atoms with Crippen molar-refractivity contribution in [2.45, 2.75) is 38.7 Å². The molecule has 0 N–H and O–H groups in total. The molecule has 1 nitrogen and oxygen atoms in total. The Hall–Kier alpha value is -0.720. The van der Waals surface area contributed by atoms with Crippen molar-refractivity contribution in [1.29, 1.82) is 0 Å². The Kier molecular flexibility index (Phi) is 2.19. The van der Waals surface area contributed by atoms with Gasteiger partial charge in [-0.05, 0) is 19.3 Å². The highest BCUT2D eigenvalue weighted by molar-refractivity contribution is 5.07. The van der Waals surface area contributed by atoms with Gasteiger partial charge in [-0.3, -0.25) is 0 Å². The number of allylic oxidation sites excluding steroid dienone is 2. The first kappa shape index (κ1) is 8.86. The predicted octanol–water partition coefficient (Wildman–Crippen LogP) is 3.28. The van der Waals surface area contributed by atoms with Crippen LogP contribution in [-0.2, 0) is 4.74 Å². The first-order chi connectivity index (χ1) is 6.16. The van der Waals surface area contributed by atoms with Crippen LogP contribution < -0.4 is 0 Å². The van der Waals surface area contributed by atoms with Crippen LogP contribution in [0.2, 0.25) is 0 Å². The summed E-state index contributed by atoms with van der Waals surface area (Å²) in [4.78, 5) is 0. The molecule has 1 heteroatoms. The molecular formula is C12H18O. The summed E-state index contributed by atoms with van der Waals surface area (Å²) in [5.41, 5.74) is 1.40. The molecular weight excluding hydrogens is 160 g/mol. The van der Waals surface area contributed by atoms with Crippen LogP contribution in [0.15, 0.2) is 24.5 Å². The largest absolute Gasteiger partial charge is 0.495 e. The zero-order valence-electron chi connectivity index (χ0n) is 8.38. The second-order valence-electron chi connectivity index (χ2n) is 4.56. The third-order valence-corrected chi connectivity index (χ3v) is 3.30. The molecule has 13 heavy (non-hydrogen) atoms. The second kappa shape index (κ2) is 3.21. The molecule has 3 unspecified atom stereocenters. The molecule has 1 aliphatic heterocycles. The highest BCUT2D eigenvalue weighted by atomic mass is 16.5. The van der Waals surface area contributed by atoms with Gasteiger partial charge in [-0.15, -0.1) is 0 Å². The van der Waals surface area contributed by atoms with Crippen molar-refractivity contribution >= 4 is 0 Å². The van der Waals surface area contributed by atoms with Crippen LogP contribution in [0.3, 0.4) is 0 Å². The number of hydrogen-bond acceptors (Lipinski definition) is 1. The van der Waals surface area contributed by atoms with Gasteiger partial charge in [0.25, 0.3) is 0 Å². The molecule has 0 aromatic rings. The highest BCUT2D eigenvalue weighted by Crippen LogP contribution is 2.41. The van der Waals surface area contributed by atoms with E-state index in [1.54, 1.807) is 0 Å². The maximum absolute atomic E-state index is 5.77. The second-order valence-corrected chi connectivity index (χ2v) is 4.56. The van der Waals surface area contributed by atoms with E-state index in [0.29, 0.717) is 17.9 Å². The minimum atomic E-state index is 0.423. The fraction of sp³-hybridized carbons (Fsp3) is 0.667. The molecule has 3 atom stereocenters. The van der Waals surface area contributed by atoms with E-state index in [1.807, 2.05) is 0 Å². The van der Waals surface area contributed by atoms with Crippen LogP contribution in [0.5, 0.6) is 0 Å². The summed E-state index contributed by atoms with van der Waals surface area (Å²) in [5, 5.41) is 0. The van der Waals surface area contributed by atoms with Crippen molar-refractivity contribution in [2.24, 2.45) is 11.8 Å². The van der Waals surface area contributed by atoms with Crippen molar-refractivity contribution in [3.8, 4) is 0 Å². The van der Waals surface area contributed by atoms with Gasteiger partial charge in [-0.1, -0.05) is 25.7 Å². The molecule has 0 amide bonds. The summed E-state index contributed by atoms with van der Waals surface area (Å²) in [6.07, 6.45) is 5.10. The SMILES string of the molecule is C=C1CCC(C2OC(=C)CC2C)C1. The van der Waals surface area contributed by atoms with Crippen LogP contribution in [-0.4, -0.2) is 6.10 Å². The topological polar surface area (TPSA) is 9.23 Å². The van der Waals surface area contributed by atoms with Crippen molar-refractivity contribution in [1.82, 2.24) is 0 Å². The van der Waals surface area contributed by atoms with Crippen molar-refractivity contribution < 1.29 is 4.74 Å². The predicted molar refractivity (Wildman–Crippen MR) is 54.3 cm³/mol. The minimum Gasteiger partial charge on any atom is -0.495 e. The molecule has 0 spiro atoms. The minimum absolute atomic E-state index is 0.423. The Balaban J connectivity index is 2.01. The zero-order valence-corrected chi connectivity index (χ0v) is 8.38. The van der Waals surface area contributed by atoms with E-state index in [-0.39, 0.29) is 0 Å². The third-order valence-electron chi connectivity index (χ3n) is 3.30. The zero-order chi connectivity index (χ0) is 9.42. The lowest BCUT2D eigenvalue weighted by atomic mass is 9.90. The van der Waals surface area contributed by atoms with Crippen LogP contribution in [0, 0.1) is 11.8 Å². The van der Waals surface area contributed by atoms with Crippen molar-refractivity contribution in [3.05, 3.63) is 24.5 Å². The molecule has 0 bridgehead atoms. The van der Waals surface area contributed by atoms with Gasteiger partial charge in [0.15, 0.2) is 0 Å². The standard InChI is InChI=1S/C12H18O/c1-8-4-5-11(6-8)12-9(2)7-10(3)13-12/h9,11-12H,1,3-7H2,2H3. The Morgan fingerprint density at radius 3 is 2.54 bits per heavy atom. The van der Waals surface area contributed by atoms with Crippen LogP contribution >= 0.6 is 0 Å². The highest BCUT2D eigenvalue weighted by Gasteiger charge is 2.36. The Morgan fingerprint density at radius 1 is 1.31 bits per heavy atom. The monoisotopic (exact) mass is 178 g/mol. The molecule has 2 aliphatic rings. The molecule has 1 saturated heterocycles. The summed E-state index contributed by atoms with van der Waals surface area (Å²) in [6, 6.07) is 0. The molecule has 0 aromatic heterocycles. The molecule has 72 valence electrons. The van der Waals surface area contributed by atoms with E-state index in [1.165, 1.54) is 24.8 Å². The average molecular weight is 178 g/mol. The molecule has 1 heterocycles. The number of rotatable bonds is 1. The summed E-state index contributed by atoms with van der Waals surface area (Å²) >= 11 is 0. The average Bonchev–Trinajstić information content (AvgIpc) is 2.58. The fourth-order valence-electron chi connectivity index (χ4n) is 2.64. The summed E-state index contributed by atoms with van der Waals surface area (Å²) < 4.78 is 5.77. The lowest BCUT2D eigenvalue weighted by Crippen LogP contribution is -2.22. The van der Waals surface area contributed by atoms with E-state index >= 15 is 0 Å². The van der Waals surface area contributed by atoms with Gasteiger partial charge in [-0.2, -0.15) is 0 Å². The van der Waals surface area contributed by atoms with E-state index in [4.69, 9.17) is 4.74 Å². The van der Waals surface area contributed by atoms with Gasteiger partial charge < -0.3 is 4.74 Å². The molecule has 2 fully saturated rings. The van der Waals surface area contributed by atoms with E-state index < -0.39 is 0 Å². The van der Waals surface area contributed by atoms with Crippen LogP contribution in [0.1, 0.15) is 32.6 Å². The van der Waals surface area contributed by atoms with Gasteiger partial charge in [0.05, 0.1) is 5.76 Å². The Bertz CT molecular complexity index is 242. The van der Waals surface area contributed by atoms with Crippen LogP contribution in [0.4, 0.5) is 0 Å². The fourth-order valence-corrected chi connectivity index (χ4v) is 2.64. The lowest BCUT2D eigenvalue weighted by Gasteiger charge is -2.21. The number of ether oxygens (including phenoxy) is 1. The maximum Gasteiger partial charge on any atom is 0.104 e. The summed E-state index contributed by atoms with van der Waals surface area (Å²) in [5.74, 6) is 2.35. The Labute approximate surface area is 80.5 Å². The van der Waals surface area contributed by atoms with E-state index in [0.717, 1.165) is 12.2 Å². The quantitative estimate of drug-likeness (QED) is 0.560. The van der Waals surface area contributed by atoms with Gasteiger partial charge in [0.2, 0.25) is 0 Å². The molecule has 1 aliphatic carbocycles. The first-order valence-electron chi connectivity index (χ1n) is 5.18. The normalized spacial score (nSPS) is 39.6. The summed E-state index contributed by atoms with van der Waals surface area (Å²) in [7, 11) is 0. The first-order valence-corrected chi connectivity index (χ1v) is 5.18. The van der Waals surface area contributed by atoms with E-state index in [9.17, 15) is 0 Å². The van der Waals surface area contributed by atoms with E-state index in [2.05, 4.69) is 20.1 Å². The molecule has 0 aromatic carbocycles. The van der Waals surface area contributed by atoms with Crippen LogP contribution in [0.25, 0.3) is 0 Å². The van der Waals surface area contributed by atoms with Gasteiger partial charge in [0, 0.05) is 18.3 Å². The Morgan fingerprint density at radius 2 is 2.08 bits per heavy atom. The molecule has 0 radical (unpaired) electrons. The number of hydrogen-bond donors (Lipinski definition) is 0. The molecule has 2 rings (SSSR count). The summed E-state index contributed by atoms with van der Waals surface area (Å²) in [6.45, 7) is 10.2. The van der Waals surface area contributed by atoms with Crippen molar-refractivity contribution in [3.63, 3.8) is 0 Å². The van der Waals surface area contributed by atoms with Gasteiger partial charge >= 0.3 is 0 Å². The third kappa shape index (κ3) is 1.65. The van der Waals surface area contributed by atoms with Crippen molar-refractivity contribution in [2.75, 3.05) is 0 Å². The smallest absolute Gasteiger partial charge is 0.104 e. The van der Waals surface area contributed by atoms with Gasteiger partial charge in [0.1, 0.15) is 6.10 Å². The lowest BCUT2D eigenvalue weighted by molar-refractivity contribution is 0.0815. The molecule has 1 saturated carbocycles. The maximum atomic E-state index is 5.77. The van der Waals surface area contributed by atoms with Gasteiger partial charge in [-0.25, -0.2) is 0 Å².